The van der Waals surface area contributed by atoms with E-state index in [0.717, 1.165) is 19.5 Å². The molecule has 2 N–H and O–H groups in total. The Kier molecular flexibility index (Phi) is 11.3. The molecular formula is C31H42N4O5. The SMILES string of the molecule is COC(=O)/C=C/CNC(=O)CNC(=O)CN(C(=O)C(C)C)C1CCN(C(C)c2cccc3ccccc23)C[C@H]1C. The van der Waals surface area contributed by atoms with Gasteiger partial charge < -0.3 is 20.3 Å². The predicted molar refractivity (Wildman–Crippen MR) is 155 cm³/mol. The van der Waals surface area contributed by atoms with E-state index >= 15 is 0 Å². The number of nitrogens with zero attached hydrogens (tertiary/aromatic N) is 2. The van der Waals surface area contributed by atoms with Crippen LogP contribution in [0.1, 0.15) is 45.7 Å². The maximum atomic E-state index is 13.2. The molecule has 1 fully saturated rings. The van der Waals surface area contributed by atoms with E-state index < -0.39 is 11.9 Å². The highest BCUT2D eigenvalue weighted by Gasteiger charge is 2.36. The summed E-state index contributed by atoms with van der Waals surface area (Å²) < 4.78 is 4.49. The van der Waals surface area contributed by atoms with Gasteiger partial charge in [0.2, 0.25) is 17.7 Å². The van der Waals surface area contributed by atoms with Gasteiger partial charge in [0.1, 0.15) is 0 Å². The first-order chi connectivity index (χ1) is 19.1. The van der Waals surface area contributed by atoms with E-state index in [1.165, 1.54) is 35.6 Å². The van der Waals surface area contributed by atoms with Crippen LogP contribution < -0.4 is 10.6 Å². The summed E-state index contributed by atoms with van der Waals surface area (Å²) in [6, 6.07) is 15.0. The molecule has 40 heavy (non-hydrogen) atoms. The summed E-state index contributed by atoms with van der Waals surface area (Å²) in [5.74, 6) is -1.45. The highest BCUT2D eigenvalue weighted by molar-refractivity contribution is 5.89. The first-order valence-corrected chi connectivity index (χ1v) is 13.9. The van der Waals surface area contributed by atoms with Crippen molar-refractivity contribution in [3.63, 3.8) is 0 Å². The summed E-state index contributed by atoms with van der Waals surface area (Å²) in [7, 11) is 1.27. The highest BCUT2D eigenvalue weighted by atomic mass is 16.5. The fourth-order valence-electron chi connectivity index (χ4n) is 5.33. The van der Waals surface area contributed by atoms with Crippen LogP contribution in [0, 0.1) is 11.8 Å². The van der Waals surface area contributed by atoms with Crippen molar-refractivity contribution in [2.75, 3.05) is 39.8 Å². The number of fused-ring (bicyclic) bond motifs is 1. The number of ether oxygens (including phenoxy) is 1. The number of hydrogen-bond donors (Lipinski definition) is 2. The molecule has 0 saturated carbocycles. The number of methoxy groups -OCH3 is 1. The van der Waals surface area contributed by atoms with Gasteiger partial charge in [0.25, 0.3) is 0 Å². The van der Waals surface area contributed by atoms with Crippen molar-refractivity contribution in [3.05, 3.63) is 60.2 Å². The normalized spacial score (nSPS) is 18.4. The number of likely N-dealkylation sites (tertiary alicyclic amines) is 1. The van der Waals surface area contributed by atoms with E-state index in [1.54, 1.807) is 4.90 Å². The fourth-order valence-corrected chi connectivity index (χ4v) is 5.33. The van der Waals surface area contributed by atoms with Crippen LogP contribution in [-0.4, -0.2) is 79.4 Å². The molecule has 3 atom stereocenters. The smallest absolute Gasteiger partial charge is 0.330 e. The zero-order valence-electron chi connectivity index (χ0n) is 24.2. The second-order valence-corrected chi connectivity index (χ2v) is 10.7. The van der Waals surface area contributed by atoms with E-state index in [4.69, 9.17) is 0 Å². The molecule has 2 aromatic rings. The number of piperidine rings is 1. The lowest BCUT2D eigenvalue weighted by Crippen LogP contribution is -2.56. The summed E-state index contributed by atoms with van der Waals surface area (Å²) in [5, 5.41) is 7.68. The van der Waals surface area contributed by atoms with Crippen molar-refractivity contribution >= 4 is 34.5 Å². The van der Waals surface area contributed by atoms with Gasteiger partial charge in [-0.05, 0) is 35.6 Å². The van der Waals surface area contributed by atoms with Crippen LogP contribution >= 0.6 is 0 Å². The minimum Gasteiger partial charge on any atom is -0.466 e. The number of esters is 1. The van der Waals surface area contributed by atoms with Gasteiger partial charge in [0.05, 0.1) is 20.2 Å². The Labute approximate surface area is 236 Å². The standard InChI is InChI=1S/C31H42N4O5/c1-21(2)31(39)35(20-29(37)33-18-28(36)32-16-9-14-30(38)40-5)27-15-17-34(19-22(27)3)23(4)25-13-8-11-24-10-6-7-12-26(24)25/h6-14,21-23,27H,15-20H2,1-5H3,(H,32,36)(H,33,37)/b14-9+/t22-,23?,27?/m1/s1. The molecule has 3 rings (SSSR count). The molecule has 0 spiro atoms. The lowest BCUT2D eigenvalue weighted by molar-refractivity contribution is -0.143. The number of carbonyl (C=O) groups excluding carboxylic acids is 4. The minimum absolute atomic E-state index is 0.0695. The van der Waals surface area contributed by atoms with Crippen molar-refractivity contribution in [2.24, 2.45) is 11.8 Å². The summed E-state index contributed by atoms with van der Waals surface area (Å²) >= 11 is 0. The van der Waals surface area contributed by atoms with E-state index in [9.17, 15) is 19.2 Å². The number of nitrogens with one attached hydrogen (secondary N) is 2. The third-order valence-electron chi connectivity index (χ3n) is 7.52. The Morgan fingerprint density at radius 3 is 2.48 bits per heavy atom. The lowest BCUT2D eigenvalue weighted by Gasteiger charge is -2.45. The van der Waals surface area contributed by atoms with Crippen molar-refractivity contribution in [3.8, 4) is 0 Å². The Morgan fingerprint density at radius 1 is 1.05 bits per heavy atom. The van der Waals surface area contributed by atoms with E-state index in [-0.39, 0.29) is 55.4 Å². The quantitative estimate of drug-likeness (QED) is 0.329. The highest BCUT2D eigenvalue weighted by Crippen LogP contribution is 2.33. The Morgan fingerprint density at radius 2 is 1.77 bits per heavy atom. The Bertz CT molecular complexity index is 1220. The third-order valence-corrected chi connectivity index (χ3v) is 7.52. The van der Waals surface area contributed by atoms with Crippen LogP contribution in [0.25, 0.3) is 10.8 Å². The van der Waals surface area contributed by atoms with Gasteiger partial charge in [-0.3, -0.25) is 19.3 Å². The minimum atomic E-state index is -0.513. The van der Waals surface area contributed by atoms with Gasteiger partial charge in [0.15, 0.2) is 0 Å². The Balaban J connectivity index is 1.60. The van der Waals surface area contributed by atoms with Crippen LogP contribution in [0.4, 0.5) is 0 Å². The number of benzene rings is 2. The molecule has 9 heteroatoms. The van der Waals surface area contributed by atoms with Crippen LogP contribution in [0.5, 0.6) is 0 Å². The largest absolute Gasteiger partial charge is 0.466 e. The van der Waals surface area contributed by atoms with Gasteiger partial charge in [-0.15, -0.1) is 0 Å². The van der Waals surface area contributed by atoms with Crippen LogP contribution in [0.2, 0.25) is 0 Å². The number of hydrogen-bond acceptors (Lipinski definition) is 6. The number of carbonyl (C=O) groups is 4. The van der Waals surface area contributed by atoms with Gasteiger partial charge in [-0.1, -0.05) is 69.3 Å². The molecule has 0 aliphatic carbocycles. The van der Waals surface area contributed by atoms with Gasteiger partial charge in [0, 0.05) is 43.7 Å². The molecule has 0 radical (unpaired) electrons. The lowest BCUT2D eigenvalue weighted by atomic mass is 9.89. The van der Waals surface area contributed by atoms with Crippen molar-refractivity contribution in [2.45, 2.75) is 46.2 Å². The Hall–Kier alpha value is -3.72. The average molecular weight is 551 g/mol. The summed E-state index contributed by atoms with van der Waals surface area (Å²) in [6.45, 7) is 9.48. The zero-order chi connectivity index (χ0) is 29.2. The van der Waals surface area contributed by atoms with Crippen molar-refractivity contribution in [1.29, 1.82) is 0 Å². The van der Waals surface area contributed by atoms with Crippen molar-refractivity contribution in [1.82, 2.24) is 20.4 Å². The third kappa shape index (κ3) is 8.14. The zero-order valence-corrected chi connectivity index (χ0v) is 24.2. The first-order valence-electron chi connectivity index (χ1n) is 13.9. The molecule has 1 heterocycles. The second-order valence-electron chi connectivity index (χ2n) is 10.7. The van der Waals surface area contributed by atoms with Gasteiger partial charge in [-0.25, -0.2) is 4.79 Å². The molecule has 0 aromatic heterocycles. The van der Waals surface area contributed by atoms with Crippen LogP contribution in [-0.2, 0) is 23.9 Å². The molecule has 2 aromatic carbocycles. The van der Waals surface area contributed by atoms with E-state index in [1.807, 2.05) is 13.8 Å². The molecule has 0 bridgehead atoms. The van der Waals surface area contributed by atoms with Crippen LogP contribution in [0.3, 0.4) is 0 Å². The van der Waals surface area contributed by atoms with E-state index in [0.29, 0.717) is 0 Å². The predicted octanol–water partition coefficient (Wildman–Crippen LogP) is 3.06. The first kappa shape index (κ1) is 30.8. The number of rotatable bonds is 11. The van der Waals surface area contributed by atoms with Gasteiger partial charge in [-0.2, -0.15) is 0 Å². The maximum absolute atomic E-state index is 13.2. The fraction of sp³-hybridized carbons (Fsp3) is 0.484. The molecule has 1 aliphatic rings. The monoisotopic (exact) mass is 550 g/mol. The van der Waals surface area contributed by atoms with E-state index in [2.05, 4.69) is 76.6 Å². The molecule has 1 aliphatic heterocycles. The molecule has 3 amide bonds. The molecule has 9 nitrogen and oxygen atoms in total. The number of amides is 3. The molecule has 216 valence electrons. The summed E-state index contributed by atoms with van der Waals surface area (Å²) in [6.07, 6.45) is 3.43. The topological polar surface area (TPSA) is 108 Å². The maximum Gasteiger partial charge on any atom is 0.330 e. The van der Waals surface area contributed by atoms with Crippen LogP contribution in [0.15, 0.2) is 54.6 Å². The summed E-state index contributed by atoms with van der Waals surface area (Å²) in [5.41, 5.74) is 1.29. The molecule has 2 unspecified atom stereocenters. The second kappa shape index (κ2) is 14.6. The summed E-state index contributed by atoms with van der Waals surface area (Å²) in [4.78, 5) is 53.3. The van der Waals surface area contributed by atoms with Gasteiger partial charge >= 0.3 is 5.97 Å². The molecular weight excluding hydrogens is 508 g/mol. The molecule has 1 saturated heterocycles. The van der Waals surface area contributed by atoms with Crippen molar-refractivity contribution < 1.29 is 23.9 Å². The average Bonchev–Trinajstić information content (AvgIpc) is 2.95.